The zero-order valence-corrected chi connectivity index (χ0v) is 21.4. The van der Waals surface area contributed by atoms with Crippen LogP contribution in [0.15, 0.2) is 4.76 Å². The molecule has 0 saturated heterocycles. The van der Waals surface area contributed by atoms with E-state index in [0.717, 1.165) is 6.42 Å². The van der Waals surface area contributed by atoms with E-state index >= 15 is 0 Å². The van der Waals surface area contributed by atoms with Crippen LogP contribution in [0.3, 0.4) is 0 Å². The third-order valence-corrected chi connectivity index (χ3v) is 6.54. The molecule has 1 aliphatic carbocycles. The molecule has 0 bridgehead atoms. The first-order valence-corrected chi connectivity index (χ1v) is 14.1. The number of nitrogens with zero attached hydrogens (tertiary/aromatic N) is 2. The Morgan fingerprint density at radius 1 is 1.09 bits per heavy atom. The van der Waals surface area contributed by atoms with Crippen LogP contribution in [-0.2, 0) is 14.4 Å². The third-order valence-electron chi connectivity index (χ3n) is 5.93. The Morgan fingerprint density at radius 2 is 1.72 bits per heavy atom. The van der Waals surface area contributed by atoms with E-state index < -0.39 is 20.2 Å². The lowest BCUT2D eigenvalue weighted by molar-refractivity contribution is -0.132. The lowest BCUT2D eigenvalue weighted by Gasteiger charge is -2.26. The highest BCUT2D eigenvalue weighted by molar-refractivity contribution is 7.54. The van der Waals surface area contributed by atoms with Crippen molar-refractivity contribution in [3.05, 3.63) is 5.32 Å². The third kappa shape index (κ3) is 11.3. The minimum atomic E-state index is -0.701. The number of amides is 2. The minimum absolute atomic E-state index is 0.0915. The molecule has 8 nitrogen and oxygen atoms in total. The van der Waals surface area contributed by atoms with Crippen LogP contribution in [0.1, 0.15) is 78.6 Å². The van der Waals surface area contributed by atoms with Crippen molar-refractivity contribution < 1.29 is 14.4 Å². The van der Waals surface area contributed by atoms with Gasteiger partial charge in [0, 0.05) is 11.9 Å². The molecular weight excluding hydrogens is 425 g/mol. The second-order valence-corrected chi connectivity index (χ2v) is 11.0. The standard InChI is InChI=1S/C23H44N5O3P/c1-6-19(17(3)29)26-22(31)20(13-10-14-25-23(24)28-32(4)5)27-21(30)16(2)15-18-11-8-7-9-12-18/h16,18-20H,6-15H2,1-5H3,(H5,24,25,26,27,28,30,31)/p-1/t16-,19-,20-/m0/s1. The van der Waals surface area contributed by atoms with Gasteiger partial charge in [0.1, 0.15) is 6.04 Å². The number of hydrogen-bond acceptors (Lipinski definition) is 4. The van der Waals surface area contributed by atoms with Gasteiger partial charge in [-0.1, -0.05) is 54.0 Å². The van der Waals surface area contributed by atoms with Gasteiger partial charge in [-0.15, -0.1) is 0 Å². The van der Waals surface area contributed by atoms with E-state index in [-0.39, 0.29) is 29.5 Å². The number of nitrogens with two attached hydrogens (primary N) is 1. The van der Waals surface area contributed by atoms with Crippen molar-refractivity contribution >= 4 is 31.6 Å². The Labute approximate surface area is 195 Å². The monoisotopic (exact) mass is 468 g/mol. The summed E-state index contributed by atoms with van der Waals surface area (Å²) in [6, 6.07) is -1.24. The van der Waals surface area contributed by atoms with Crippen LogP contribution >= 0.6 is 8.07 Å². The Bertz CT molecular complexity index is 635. The quantitative estimate of drug-likeness (QED) is 0.165. The molecule has 32 heavy (non-hydrogen) atoms. The molecule has 0 aliphatic heterocycles. The zero-order valence-electron chi connectivity index (χ0n) is 20.5. The molecule has 0 radical (unpaired) electrons. The normalized spacial score (nSPS) is 18.0. The van der Waals surface area contributed by atoms with E-state index in [0.29, 0.717) is 31.7 Å². The van der Waals surface area contributed by atoms with Gasteiger partial charge in [0.05, 0.1) is 6.04 Å². The van der Waals surface area contributed by atoms with Crippen LogP contribution in [0.2, 0.25) is 0 Å². The molecule has 0 unspecified atom stereocenters. The van der Waals surface area contributed by atoms with Gasteiger partial charge in [-0.3, -0.25) is 14.4 Å². The van der Waals surface area contributed by atoms with E-state index in [2.05, 4.69) is 20.7 Å². The summed E-state index contributed by atoms with van der Waals surface area (Å²) in [4.78, 5) is 37.5. The van der Waals surface area contributed by atoms with Crippen molar-refractivity contribution in [2.45, 2.75) is 90.6 Å². The molecular formula is C23H43N5O3P-. The van der Waals surface area contributed by atoms with E-state index in [1.54, 1.807) is 0 Å². The SMILES string of the molecule is CC[C@H](NC(=O)[C@H](CCC[N-]/C(N)=N/P(C)C)NC(=O)[C@@H](C)CC1CCCCC1)C(C)=O. The number of carbonyl (C=O) groups is 3. The molecule has 2 amide bonds. The molecule has 0 spiro atoms. The maximum absolute atomic E-state index is 12.9. The van der Waals surface area contributed by atoms with E-state index in [9.17, 15) is 14.4 Å². The summed E-state index contributed by atoms with van der Waals surface area (Å²) in [6.45, 7) is 9.65. The number of guanidine groups is 1. The molecule has 1 aliphatic rings. The minimum Gasteiger partial charge on any atom is -0.454 e. The maximum atomic E-state index is 12.9. The number of Topliss-reactive ketones (excluding diaryl/α,β-unsaturated/α-hetero) is 1. The molecule has 0 aromatic rings. The molecule has 1 saturated carbocycles. The molecule has 1 rings (SSSR count). The predicted molar refractivity (Wildman–Crippen MR) is 133 cm³/mol. The highest BCUT2D eigenvalue weighted by Gasteiger charge is 2.27. The Hall–Kier alpha value is -1.69. The summed E-state index contributed by atoms with van der Waals surface area (Å²) in [5.41, 5.74) is 5.79. The molecule has 1 fully saturated rings. The van der Waals surface area contributed by atoms with Crippen molar-refractivity contribution in [2.24, 2.45) is 22.3 Å². The summed E-state index contributed by atoms with van der Waals surface area (Å²) in [5, 5.41) is 9.96. The fourth-order valence-electron chi connectivity index (χ4n) is 4.10. The average molecular weight is 469 g/mol. The fourth-order valence-corrected chi connectivity index (χ4v) is 4.57. The topological polar surface area (TPSA) is 128 Å². The van der Waals surface area contributed by atoms with Crippen LogP contribution in [0.5, 0.6) is 0 Å². The lowest BCUT2D eigenvalue weighted by atomic mass is 9.83. The summed E-state index contributed by atoms with van der Waals surface area (Å²) in [6.07, 6.45) is 8.49. The Balaban J connectivity index is 2.69. The summed E-state index contributed by atoms with van der Waals surface area (Å²) in [7, 11) is -0.513. The summed E-state index contributed by atoms with van der Waals surface area (Å²) in [5.74, 6) is 0.192. The first kappa shape index (κ1) is 28.3. The van der Waals surface area contributed by atoms with E-state index in [1.807, 2.05) is 27.2 Å². The molecule has 3 atom stereocenters. The van der Waals surface area contributed by atoms with Gasteiger partial charge in [-0.25, -0.2) is 0 Å². The van der Waals surface area contributed by atoms with Crippen molar-refractivity contribution in [3.63, 3.8) is 0 Å². The van der Waals surface area contributed by atoms with Gasteiger partial charge in [-0.05, 0) is 58.4 Å². The van der Waals surface area contributed by atoms with E-state index in [4.69, 9.17) is 5.73 Å². The van der Waals surface area contributed by atoms with Gasteiger partial charge in [0.2, 0.25) is 11.8 Å². The van der Waals surface area contributed by atoms with Crippen LogP contribution in [0.25, 0.3) is 5.32 Å². The summed E-state index contributed by atoms with van der Waals surface area (Å²) >= 11 is 0. The number of hydrogen-bond donors (Lipinski definition) is 3. The highest BCUT2D eigenvalue weighted by Crippen LogP contribution is 2.29. The second-order valence-electron chi connectivity index (χ2n) is 9.11. The van der Waals surface area contributed by atoms with Gasteiger partial charge in [0.15, 0.2) is 5.78 Å². The second kappa shape index (κ2) is 15.2. The molecule has 184 valence electrons. The van der Waals surface area contributed by atoms with Crippen LogP contribution in [-0.4, -0.2) is 55.5 Å². The van der Waals surface area contributed by atoms with Crippen molar-refractivity contribution in [1.82, 2.24) is 10.6 Å². The smallest absolute Gasteiger partial charge is 0.243 e. The first-order valence-electron chi connectivity index (χ1n) is 11.9. The molecule has 0 aromatic heterocycles. The van der Waals surface area contributed by atoms with Gasteiger partial charge >= 0.3 is 0 Å². The van der Waals surface area contributed by atoms with Crippen molar-refractivity contribution in [3.8, 4) is 0 Å². The highest BCUT2D eigenvalue weighted by atomic mass is 31.1. The number of nitrogens with one attached hydrogen (secondary N) is 2. The summed E-state index contributed by atoms with van der Waals surface area (Å²) < 4.78 is 4.23. The molecule has 9 heteroatoms. The Kier molecular flexibility index (Phi) is 13.5. The molecule has 0 aromatic carbocycles. The van der Waals surface area contributed by atoms with Gasteiger partial charge < -0.3 is 26.4 Å². The van der Waals surface area contributed by atoms with Gasteiger partial charge in [-0.2, -0.15) is 0 Å². The number of rotatable bonds is 13. The van der Waals surface area contributed by atoms with Gasteiger partial charge in [0.25, 0.3) is 0 Å². The maximum Gasteiger partial charge on any atom is 0.243 e. The van der Waals surface area contributed by atoms with Crippen LogP contribution in [0, 0.1) is 11.8 Å². The first-order chi connectivity index (χ1) is 15.1. The van der Waals surface area contributed by atoms with Crippen molar-refractivity contribution in [2.75, 3.05) is 19.9 Å². The predicted octanol–water partition coefficient (Wildman–Crippen LogP) is 3.69. The number of carbonyl (C=O) groups excluding carboxylic acids is 3. The largest absolute Gasteiger partial charge is 0.454 e. The Morgan fingerprint density at radius 3 is 2.28 bits per heavy atom. The van der Waals surface area contributed by atoms with Crippen molar-refractivity contribution in [1.29, 1.82) is 0 Å². The molecule has 4 N–H and O–H groups in total. The van der Waals surface area contributed by atoms with Crippen LogP contribution < -0.4 is 16.4 Å². The van der Waals surface area contributed by atoms with E-state index in [1.165, 1.54) is 39.0 Å². The molecule has 0 heterocycles. The average Bonchev–Trinajstić information content (AvgIpc) is 2.73. The number of ketones is 1. The fraction of sp³-hybridized carbons (Fsp3) is 0.826. The van der Waals surface area contributed by atoms with Crippen LogP contribution in [0.4, 0.5) is 0 Å². The zero-order chi connectivity index (χ0) is 24.1. The lowest BCUT2D eigenvalue weighted by Crippen LogP contribution is -2.52.